The van der Waals surface area contributed by atoms with E-state index < -0.39 is 5.97 Å². The number of hydrogen-bond donors (Lipinski definition) is 3. The summed E-state index contributed by atoms with van der Waals surface area (Å²) in [5.41, 5.74) is 1.08. The molecule has 22 heavy (non-hydrogen) atoms. The first-order valence-electron chi connectivity index (χ1n) is 7.05. The number of aliphatic carboxylic acids is 1. The molecule has 0 aliphatic heterocycles. The Morgan fingerprint density at radius 2 is 2.05 bits per heavy atom. The van der Waals surface area contributed by atoms with Crippen molar-refractivity contribution in [2.24, 2.45) is 5.92 Å². The van der Waals surface area contributed by atoms with Gasteiger partial charge in [-0.05, 0) is 31.0 Å². The van der Waals surface area contributed by atoms with Crippen LogP contribution in [0.25, 0.3) is 0 Å². The van der Waals surface area contributed by atoms with Gasteiger partial charge in [-0.25, -0.2) is 0 Å². The molecule has 0 bridgehead atoms. The number of nitrogens with one attached hydrogen (secondary N) is 2. The Kier molecular flexibility index (Phi) is 5.83. The van der Waals surface area contributed by atoms with E-state index in [2.05, 4.69) is 10.6 Å². The van der Waals surface area contributed by atoms with Crippen molar-refractivity contribution >= 4 is 35.2 Å². The van der Waals surface area contributed by atoms with Gasteiger partial charge in [0.25, 0.3) is 5.91 Å². The maximum absolute atomic E-state index is 12.0. The van der Waals surface area contributed by atoms with Crippen LogP contribution < -0.4 is 10.6 Å². The van der Waals surface area contributed by atoms with E-state index in [9.17, 15) is 14.4 Å². The predicted molar refractivity (Wildman–Crippen MR) is 85.1 cm³/mol. The zero-order valence-electron chi connectivity index (χ0n) is 12.0. The van der Waals surface area contributed by atoms with Crippen LogP contribution in [0.4, 0.5) is 5.69 Å². The maximum atomic E-state index is 12.0. The van der Waals surface area contributed by atoms with E-state index in [1.807, 2.05) is 0 Å². The molecule has 0 heterocycles. The topological polar surface area (TPSA) is 95.5 Å². The number of carbonyl (C=O) groups excluding carboxylic acids is 2. The van der Waals surface area contributed by atoms with Gasteiger partial charge in [-0.2, -0.15) is 0 Å². The Bertz CT molecular complexity index is 572. The summed E-state index contributed by atoms with van der Waals surface area (Å²) in [5.74, 6) is -0.422. The molecule has 0 unspecified atom stereocenters. The average molecular weight is 322 g/mol. The highest BCUT2D eigenvalue weighted by molar-refractivity contribution is 7.99. The molecule has 7 heteroatoms. The lowest BCUT2D eigenvalue weighted by molar-refractivity contribution is -0.133. The van der Waals surface area contributed by atoms with Gasteiger partial charge in [-0.3, -0.25) is 14.4 Å². The Labute approximate surface area is 132 Å². The molecule has 2 rings (SSSR count). The Morgan fingerprint density at radius 3 is 2.73 bits per heavy atom. The molecule has 0 spiro atoms. The molecule has 3 N–H and O–H groups in total. The third-order valence-corrected chi connectivity index (χ3v) is 4.04. The lowest BCUT2D eigenvalue weighted by Gasteiger charge is -2.08. The number of hydrogen-bond acceptors (Lipinski definition) is 4. The highest BCUT2D eigenvalue weighted by atomic mass is 32.2. The van der Waals surface area contributed by atoms with Crippen molar-refractivity contribution in [3.05, 3.63) is 29.8 Å². The van der Waals surface area contributed by atoms with E-state index in [1.54, 1.807) is 24.3 Å². The summed E-state index contributed by atoms with van der Waals surface area (Å²) in [6, 6.07) is 6.78. The summed E-state index contributed by atoms with van der Waals surface area (Å²) in [5, 5.41) is 14.0. The molecule has 1 aromatic rings. The zero-order valence-corrected chi connectivity index (χ0v) is 12.8. The van der Waals surface area contributed by atoms with E-state index in [0.717, 1.165) is 12.8 Å². The second-order valence-electron chi connectivity index (χ2n) is 5.05. The van der Waals surface area contributed by atoms with Crippen LogP contribution in [0.1, 0.15) is 23.2 Å². The van der Waals surface area contributed by atoms with Gasteiger partial charge in [-0.15, -0.1) is 11.8 Å². The van der Waals surface area contributed by atoms with Crippen LogP contribution in [-0.2, 0) is 9.59 Å². The lowest BCUT2D eigenvalue weighted by atomic mass is 10.2. The maximum Gasteiger partial charge on any atom is 0.313 e. The fraction of sp³-hybridized carbons (Fsp3) is 0.400. The molecule has 1 saturated carbocycles. The summed E-state index contributed by atoms with van der Waals surface area (Å²) >= 11 is 1.25. The summed E-state index contributed by atoms with van der Waals surface area (Å²) in [6.07, 6.45) is 1.86. The first-order chi connectivity index (χ1) is 10.6. The van der Waals surface area contributed by atoms with Crippen LogP contribution in [0.3, 0.4) is 0 Å². The van der Waals surface area contributed by atoms with E-state index in [0.29, 0.717) is 23.5 Å². The molecule has 1 aromatic carbocycles. The van der Waals surface area contributed by atoms with Crippen LogP contribution in [0.2, 0.25) is 0 Å². The lowest BCUT2D eigenvalue weighted by Crippen LogP contribution is -2.26. The molecule has 1 aliphatic carbocycles. The van der Waals surface area contributed by atoms with Crippen LogP contribution >= 0.6 is 11.8 Å². The first kappa shape index (κ1) is 16.4. The van der Waals surface area contributed by atoms with Gasteiger partial charge >= 0.3 is 5.97 Å². The van der Waals surface area contributed by atoms with E-state index in [-0.39, 0.29) is 23.5 Å². The van der Waals surface area contributed by atoms with Gasteiger partial charge < -0.3 is 15.7 Å². The fourth-order valence-electron chi connectivity index (χ4n) is 1.83. The second kappa shape index (κ2) is 7.84. The quantitative estimate of drug-likeness (QED) is 0.632. The van der Waals surface area contributed by atoms with Gasteiger partial charge in [0.2, 0.25) is 5.91 Å². The number of carboxylic acid groups (broad SMARTS) is 1. The first-order valence-corrected chi connectivity index (χ1v) is 8.20. The molecule has 0 aromatic heterocycles. The largest absolute Gasteiger partial charge is 0.481 e. The number of benzene rings is 1. The van der Waals surface area contributed by atoms with E-state index in [4.69, 9.17) is 5.11 Å². The third-order valence-electron chi connectivity index (χ3n) is 3.10. The Hall–Kier alpha value is -2.02. The normalized spacial score (nSPS) is 13.5. The number of amides is 2. The van der Waals surface area contributed by atoms with Gasteiger partial charge in [0, 0.05) is 29.5 Å². The summed E-state index contributed by atoms with van der Waals surface area (Å²) < 4.78 is 0. The van der Waals surface area contributed by atoms with Gasteiger partial charge in [0.05, 0.1) is 5.75 Å². The number of thioether (sulfide) groups is 1. The van der Waals surface area contributed by atoms with E-state index in [1.165, 1.54) is 11.8 Å². The van der Waals surface area contributed by atoms with E-state index >= 15 is 0 Å². The monoisotopic (exact) mass is 322 g/mol. The minimum absolute atomic E-state index is 0.00243. The van der Waals surface area contributed by atoms with Crippen molar-refractivity contribution in [3.63, 3.8) is 0 Å². The highest BCUT2D eigenvalue weighted by Gasteiger charge is 2.29. The second-order valence-corrected chi connectivity index (χ2v) is 6.15. The molecule has 0 atom stereocenters. The minimum Gasteiger partial charge on any atom is -0.481 e. The number of carbonyl (C=O) groups is 3. The minimum atomic E-state index is -0.865. The summed E-state index contributed by atoms with van der Waals surface area (Å²) in [7, 11) is 0. The number of rotatable bonds is 8. The van der Waals surface area contributed by atoms with Gasteiger partial charge in [0.1, 0.15) is 0 Å². The molecule has 118 valence electrons. The summed E-state index contributed by atoms with van der Waals surface area (Å²) in [6.45, 7) is 0.398. The summed E-state index contributed by atoms with van der Waals surface area (Å²) in [4.78, 5) is 34.0. The SMILES string of the molecule is O=C(O)CSCCNC(=O)c1cccc(NC(=O)C2CC2)c1. The Balaban J connectivity index is 1.79. The average Bonchev–Trinajstić information content (AvgIpc) is 3.31. The number of carboxylic acids is 1. The fourth-order valence-corrected chi connectivity index (χ4v) is 2.39. The third kappa shape index (κ3) is 5.40. The molecule has 0 radical (unpaired) electrons. The van der Waals surface area contributed by atoms with Crippen molar-refractivity contribution < 1.29 is 19.5 Å². The van der Waals surface area contributed by atoms with Crippen molar-refractivity contribution in [2.75, 3.05) is 23.4 Å². The predicted octanol–water partition coefficient (Wildman–Crippen LogP) is 1.58. The molecule has 6 nitrogen and oxygen atoms in total. The zero-order chi connectivity index (χ0) is 15.9. The van der Waals surface area contributed by atoms with Crippen molar-refractivity contribution in [1.82, 2.24) is 5.32 Å². The van der Waals surface area contributed by atoms with Crippen molar-refractivity contribution in [3.8, 4) is 0 Å². The van der Waals surface area contributed by atoms with Crippen molar-refractivity contribution in [2.45, 2.75) is 12.8 Å². The highest BCUT2D eigenvalue weighted by Crippen LogP contribution is 2.30. The van der Waals surface area contributed by atoms with Gasteiger partial charge in [-0.1, -0.05) is 6.07 Å². The molecular formula is C15H18N2O4S. The van der Waals surface area contributed by atoms with Crippen LogP contribution in [-0.4, -0.2) is 40.9 Å². The van der Waals surface area contributed by atoms with Crippen LogP contribution in [0.5, 0.6) is 0 Å². The van der Waals surface area contributed by atoms with Gasteiger partial charge in [0.15, 0.2) is 0 Å². The van der Waals surface area contributed by atoms with Crippen LogP contribution in [0, 0.1) is 5.92 Å². The van der Waals surface area contributed by atoms with Crippen LogP contribution in [0.15, 0.2) is 24.3 Å². The number of anilines is 1. The molecule has 1 aliphatic rings. The standard InChI is InChI=1S/C15H18N2O4S/c18-13(19)9-22-7-6-16-14(20)11-2-1-3-12(8-11)17-15(21)10-4-5-10/h1-3,8,10H,4-7,9H2,(H,16,20)(H,17,21)(H,18,19). The molecular weight excluding hydrogens is 304 g/mol. The molecule has 2 amide bonds. The van der Waals surface area contributed by atoms with Crippen molar-refractivity contribution in [1.29, 1.82) is 0 Å². The molecule has 1 fully saturated rings. The smallest absolute Gasteiger partial charge is 0.313 e. The Morgan fingerprint density at radius 1 is 1.27 bits per heavy atom. The molecule has 0 saturated heterocycles.